The van der Waals surface area contributed by atoms with Crippen LogP contribution in [0.1, 0.15) is 18.7 Å². The molecule has 1 aliphatic rings. The minimum atomic E-state index is 0.0140. The van der Waals surface area contributed by atoms with Crippen molar-refractivity contribution in [2.24, 2.45) is 5.92 Å². The molecule has 0 saturated heterocycles. The van der Waals surface area contributed by atoms with Crippen molar-refractivity contribution in [1.82, 2.24) is 20.8 Å². The van der Waals surface area contributed by atoms with E-state index >= 15 is 0 Å². The Hall–Kier alpha value is -1.43. The molecule has 0 aliphatic heterocycles. The van der Waals surface area contributed by atoms with Gasteiger partial charge in [-0.15, -0.1) is 0 Å². The lowest BCUT2D eigenvalue weighted by atomic mass is 10.4. The summed E-state index contributed by atoms with van der Waals surface area (Å²) in [7, 11) is 0. The highest BCUT2D eigenvalue weighted by Gasteiger charge is 2.20. The molecule has 1 aromatic heterocycles. The number of hydrogen-bond donors (Lipinski definition) is 2. The first kappa shape index (κ1) is 11.1. The zero-order valence-corrected chi connectivity index (χ0v) is 9.11. The van der Waals surface area contributed by atoms with Crippen LogP contribution >= 0.6 is 0 Å². The van der Waals surface area contributed by atoms with Crippen LogP contribution in [-0.2, 0) is 11.2 Å². The molecule has 1 fully saturated rings. The van der Waals surface area contributed by atoms with Crippen LogP contribution in [0.15, 0.2) is 10.9 Å². The van der Waals surface area contributed by atoms with Gasteiger partial charge in [-0.05, 0) is 25.3 Å². The van der Waals surface area contributed by atoms with Gasteiger partial charge < -0.3 is 15.2 Å². The lowest BCUT2D eigenvalue weighted by Crippen LogP contribution is -2.35. The number of rotatable bonds is 7. The second kappa shape index (κ2) is 5.60. The van der Waals surface area contributed by atoms with Gasteiger partial charge in [-0.3, -0.25) is 4.79 Å². The van der Waals surface area contributed by atoms with Crippen molar-refractivity contribution in [3.63, 3.8) is 0 Å². The van der Waals surface area contributed by atoms with Crippen LogP contribution in [0.2, 0.25) is 0 Å². The van der Waals surface area contributed by atoms with E-state index in [1.165, 1.54) is 19.2 Å². The summed E-state index contributed by atoms with van der Waals surface area (Å²) in [5.41, 5.74) is 0. The van der Waals surface area contributed by atoms with Gasteiger partial charge in [0.1, 0.15) is 0 Å². The first-order valence-electron chi connectivity index (χ1n) is 5.57. The normalized spacial score (nSPS) is 15.0. The molecule has 88 valence electrons. The molecule has 1 heterocycles. The second-order valence-electron chi connectivity index (χ2n) is 4.01. The smallest absolute Gasteiger partial charge is 0.233 e. The molecule has 6 nitrogen and oxygen atoms in total. The summed E-state index contributed by atoms with van der Waals surface area (Å²) >= 11 is 0. The van der Waals surface area contributed by atoms with E-state index in [0.717, 1.165) is 12.5 Å². The molecule has 0 radical (unpaired) electrons. The summed E-state index contributed by atoms with van der Waals surface area (Å²) in [4.78, 5) is 15.2. The highest BCUT2D eigenvalue weighted by Crippen LogP contribution is 2.27. The van der Waals surface area contributed by atoms with Gasteiger partial charge in [0.25, 0.3) is 0 Å². The van der Waals surface area contributed by atoms with E-state index < -0.39 is 0 Å². The number of nitrogens with one attached hydrogen (secondary N) is 2. The van der Waals surface area contributed by atoms with Crippen molar-refractivity contribution in [3.8, 4) is 0 Å². The maximum atomic E-state index is 11.3. The molecule has 2 rings (SSSR count). The third-order valence-corrected chi connectivity index (χ3v) is 2.48. The molecule has 16 heavy (non-hydrogen) atoms. The number of hydrogen-bond acceptors (Lipinski definition) is 5. The molecule has 0 spiro atoms. The Morgan fingerprint density at radius 3 is 3.12 bits per heavy atom. The zero-order chi connectivity index (χ0) is 11.2. The van der Waals surface area contributed by atoms with Crippen molar-refractivity contribution in [2.45, 2.75) is 19.3 Å². The van der Waals surface area contributed by atoms with E-state index in [9.17, 15) is 4.79 Å². The Balaban J connectivity index is 1.49. The van der Waals surface area contributed by atoms with Crippen LogP contribution in [-0.4, -0.2) is 35.7 Å². The Bertz CT molecular complexity index is 322. The molecule has 1 aliphatic carbocycles. The van der Waals surface area contributed by atoms with Crippen molar-refractivity contribution < 1.29 is 9.32 Å². The fraction of sp³-hybridized carbons (Fsp3) is 0.700. The Morgan fingerprint density at radius 1 is 1.56 bits per heavy atom. The first-order valence-corrected chi connectivity index (χ1v) is 5.57. The van der Waals surface area contributed by atoms with Crippen LogP contribution in [0, 0.1) is 5.92 Å². The predicted molar refractivity (Wildman–Crippen MR) is 56.6 cm³/mol. The van der Waals surface area contributed by atoms with Crippen LogP contribution in [0.3, 0.4) is 0 Å². The molecule has 0 bridgehead atoms. The van der Waals surface area contributed by atoms with E-state index in [-0.39, 0.29) is 5.91 Å². The lowest BCUT2D eigenvalue weighted by molar-refractivity contribution is -0.120. The van der Waals surface area contributed by atoms with E-state index in [1.54, 1.807) is 0 Å². The Labute approximate surface area is 93.8 Å². The highest BCUT2D eigenvalue weighted by molar-refractivity contribution is 5.77. The molecule has 2 N–H and O–H groups in total. The van der Waals surface area contributed by atoms with Crippen LogP contribution < -0.4 is 10.6 Å². The van der Waals surface area contributed by atoms with Gasteiger partial charge >= 0.3 is 0 Å². The average molecular weight is 224 g/mol. The van der Waals surface area contributed by atoms with Gasteiger partial charge in [-0.2, -0.15) is 4.98 Å². The third kappa shape index (κ3) is 3.98. The highest BCUT2D eigenvalue weighted by atomic mass is 16.5. The van der Waals surface area contributed by atoms with Crippen molar-refractivity contribution >= 4 is 5.91 Å². The number of carbonyl (C=O) groups is 1. The quantitative estimate of drug-likeness (QED) is 0.666. The SMILES string of the molecule is O=C(CNCC1CC1)NCCc1ncno1. The number of aromatic nitrogens is 2. The van der Waals surface area contributed by atoms with E-state index in [0.29, 0.717) is 25.4 Å². The standard InChI is InChI=1S/C10H16N4O2/c15-9(6-11-5-8-1-2-8)12-4-3-10-13-7-14-16-10/h7-8,11H,1-6H2,(H,12,15). The van der Waals surface area contributed by atoms with Gasteiger partial charge in [-0.1, -0.05) is 5.16 Å². The van der Waals surface area contributed by atoms with Crippen LogP contribution in [0.25, 0.3) is 0 Å². The summed E-state index contributed by atoms with van der Waals surface area (Å²) in [5.74, 6) is 1.36. The molecule has 1 saturated carbocycles. The minimum absolute atomic E-state index is 0.0140. The van der Waals surface area contributed by atoms with Crippen molar-refractivity contribution in [1.29, 1.82) is 0 Å². The van der Waals surface area contributed by atoms with Gasteiger partial charge in [0.05, 0.1) is 6.54 Å². The van der Waals surface area contributed by atoms with Crippen LogP contribution in [0.5, 0.6) is 0 Å². The Kier molecular flexibility index (Phi) is 3.87. The topological polar surface area (TPSA) is 80.0 Å². The molecular weight excluding hydrogens is 208 g/mol. The first-order chi connectivity index (χ1) is 7.84. The maximum Gasteiger partial charge on any atom is 0.233 e. The third-order valence-electron chi connectivity index (χ3n) is 2.48. The summed E-state index contributed by atoms with van der Waals surface area (Å²) < 4.78 is 4.81. The van der Waals surface area contributed by atoms with E-state index in [2.05, 4.69) is 20.8 Å². The molecule has 0 unspecified atom stereocenters. The van der Waals surface area contributed by atoms with Gasteiger partial charge in [0.2, 0.25) is 11.8 Å². The number of nitrogens with zero attached hydrogens (tertiary/aromatic N) is 2. The van der Waals surface area contributed by atoms with Crippen molar-refractivity contribution in [2.75, 3.05) is 19.6 Å². The maximum absolute atomic E-state index is 11.3. The van der Waals surface area contributed by atoms with Gasteiger partial charge in [-0.25, -0.2) is 0 Å². The Morgan fingerprint density at radius 2 is 2.44 bits per heavy atom. The fourth-order valence-corrected chi connectivity index (χ4v) is 1.39. The number of amides is 1. The molecular formula is C10H16N4O2. The zero-order valence-electron chi connectivity index (χ0n) is 9.11. The average Bonchev–Trinajstić information content (AvgIpc) is 2.94. The van der Waals surface area contributed by atoms with Crippen molar-refractivity contribution in [3.05, 3.63) is 12.2 Å². The second-order valence-corrected chi connectivity index (χ2v) is 4.01. The largest absolute Gasteiger partial charge is 0.354 e. The fourth-order valence-electron chi connectivity index (χ4n) is 1.39. The minimum Gasteiger partial charge on any atom is -0.354 e. The van der Waals surface area contributed by atoms with E-state index in [4.69, 9.17) is 4.52 Å². The van der Waals surface area contributed by atoms with Gasteiger partial charge in [0, 0.05) is 13.0 Å². The monoisotopic (exact) mass is 224 g/mol. The molecule has 6 heteroatoms. The summed E-state index contributed by atoms with van der Waals surface area (Å²) in [5, 5.41) is 9.40. The van der Waals surface area contributed by atoms with Crippen LogP contribution in [0.4, 0.5) is 0 Å². The summed E-state index contributed by atoms with van der Waals surface area (Å²) in [6.07, 6.45) is 4.53. The molecule has 1 aromatic rings. The molecule has 0 atom stereocenters. The molecule has 0 aromatic carbocycles. The number of carbonyl (C=O) groups excluding carboxylic acids is 1. The summed E-state index contributed by atoms with van der Waals surface area (Å²) in [6, 6.07) is 0. The van der Waals surface area contributed by atoms with Gasteiger partial charge in [0.15, 0.2) is 6.33 Å². The van der Waals surface area contributed by atoms with E-state index in [1.807, 2.05) is 0 Å². The molecule has 1 amide bonds. The predicted octanol–water partition coefficient (Wildman–Crippen LogP) is -0.272. The summed E-state index contributed by atoms with van der Waals surface area (Å²) in [6.45, 7) is 1.88. The lowest BCUT2D eigenvalue weighted by Gasteiger charge is -2.04.